The number of esters is 1. The lowest BCUT2D eigenvalue weighted by Crippen LogP contribution is -2.30. The Balaban J connectivity index is 2.92. The summed E-state index contributed by atoms with van der Waals surface area (Å²) in [5, 5.41) is 10.2. The van der Waals surface area contributed by atoms with Gasteiger partial charge >= 0.3 is 12.6 Å². The van der Waals surface area contributed by atoms with Crippen LogP contribution < -0.4 is 4.74 Å². The molecule has 2 atom stereocenters. The van der Waals surface area contributed by atoms with Gasteiger partial charge in [0.2, 0.25) is 0 Å². The first-order chi connectivity index (χ1) is 9.61. The minimum absolute atomic E-state index is 0.121. The molecule has 0 bridgehead atoms. The fourth-order valence-corrected chi connectivity index (χ4v) is 1.72. The molecule has 0 aliphatic heterocycles. The van der Waals surface area contributed by atoms with E-state index < -0.39 is 30.2 Å². The molecule has 0 saturated heterocycles. The van der Waals surface area contributed by atoms with E-state index in [1.807, 2.05) is 0 Å². The van der Waals surface area contributed by atoms with Crippen LogP contribution >= 0.6 is 0 Å². The Bertz CT molecular complexity index is 483. The summed E-state index contributed by atoms with van der Waals surface area (Å²) in [6.45, 7) is 3.58. The Labute approximate surface area is 122 Å². The molecule has 1 N–H and O–H groups in total. The SMILES string of the molecule is CC(C(=O)OC(C)(C)C)C(O)c1ccccc1OC(F)F. The van der Waals surface area contributed by atoms with Crippen molar-refractivity contribution >= 4 is 5.97 Å². The van der Waals surface area contributed by atoms with E-state index in [4.69, 9.17) is 4.74 Å². The number of halogens is 2. The van der Waals surface area contributed by atoms with Crippen LogP contribution in [0.5, 0.6) is 5.75 Å². The molecule has 21 heavy (non-hydrogen) atoms. The number of ether oxygens (including phenoxy) is 2. The van der Waals surface area contributed by atoms with E-state index in [2.05, 4.69) is 4.74 Å². The second kappa shape index (κ2) is 6.85. The van der Waals surface area contributed by atoms with Gasteiger partial charge in [0.15, 0.2) is 0 Å². The van der Waals surface area contributed by atoms with E-state index in [1.165, 1.54) is 25.1 Å². The van der Waals surface area contributed by atoms with Crippen molar-refractivity contribution in [3.05, 3.63) is 29.8 Å². The molecule has 0 fully saturated rings. The van der Waals surface area contributed by atoms with Gasteiger partial charge in [-0.2, -0.15) is 8.78 Å². The first kappa shape index (κ1) is 17.4. The van der Waals surface area contributed by atoms with Crippen molar-refractivity contribution in [3.8, 4) is 5.75 Å². The standard InChI is InChI=1S/C15H20F2O4/c1-9(13(19)21-15(2,3)4)12(18)10-7-5-6-8-11(10)20-14(16)17/h5-9,12,14,18H,1-4H3. The monoisotopic (exact) mass is 302 g/mol. The Morgan fingerprint density at radius 2 is 1.81 bits per heavy atom. The maximum Gasteiger partial charge on any atom is 0.387 e. The normalized spacial score (nSPS) is 14.7. The first-order valence-electron chi connectivity index (χ1n) is 6.56. The van der Waals surface area contributed by atoms with E-state index in [0.29, 0.717) is 0 Å². The van der Waals surface area contributed by atoms with E-state index in [0.717, 1.165) is 0 Å². The maximum atomic E-state index is 12.4. The van der Waals surface area contributed by atoms with E-state index in [-0.39, 0.29) is 11.3 Å². The van der Waals surface area contributed by atoms with Crippen molar-refractivity contribution in [1.29, 1.82) is 0 Å². The molecule has 1 aromatic carbocycles. The predicted octanol–water partition coefficient (Wildman–Crippen LogP) is 3.30. The first-order valence-corrected chi connectivity index (χ1v) is 6.56. The molecule has 0 spiro atoms. The van der Waals surface area contributed by atoms with Gasteiger partial charge in [-0.15, -0.1) is 0 Å². The highest BCUT2D eigenvalue weighted by Gasteiger charge is 2.30. The number of para-hydroxylation sites is 1. The molecule has 6 heteroatoms. The average molecular weight is 302 g/mol. The van der Waals surface area contributed by atoms with Gasteiger partial charge in [-0.3, -0.25) is 4.79 Å². The molecular weight excluding hydrogens is 282 g/mol. The van der Waals surface area contributed by atoms with Gasteiger partial charge in [-0.25, -0.2) is 0 Å². The number of hydrogen-bond acceptors (Lipinski definition) is 4. The molecule has 118 valence electrons. The number of carbonyl (C=O) groups excluding carboxylic acids is 1. The number of carbonyl (C=O) groups is 1. The van der Waals surface area contributed by atoms with Crippen molar-refractivity contribution in [1.82, 2.24) is 0 Å². The zero-order valence-corrected chi connectivity index (χ0v) is 12.5. The molecule has 1 aromatic rings. The third-order valence-corrected chi connectivity index (χ3v) is 2.71. The lowest BCUT2D eigenvalue weighted by atomic mass is 9.96. The predicted molar refractivity (Wildman–Crippen MR) is 73.0 cm³/mol. The molecule has 0 amide bonds. The third kappa shape index (κ3) is 5.30. The van der Waals surface area contributed by atoms with Gasteiger partial charge < -0.3 is 14.6 Å². The van der Waals surface area contributed by atoms with Crippen LogP contribution in [-0.2, 0) is 9.53 Å². The van der Waals surface area contributed by atoms with Crippen LogP contribution in [0.2, 0.25) is 0 Å². The van der Waals surface area contributed by atoms with Gasteiger partial charge in [-0.1, -0.05) is 18.2 Å². The van der Waals surface area contributed by atoms with E-state index in [1.54, 1.807) is 26.8 Å². The summed E-state index contributed by atoms with van der Waals surface area (Å²) >= 11 is 0. The summed E-state index contributed by atoms with van der Waals surface area (Å²) < 4.78 is 34.2. The molecule has 0 saturated carbocycles. The molecule has 0 radical (unpaired) electrons. The van der Waals surface area contributed by atoms with Crippen LogP contribution in [0.15, 0.2) is 24.3 Å². The summed E-state index contributed by atoms with van der Waals surface area (Å²) in [5.41, 5.74) is -0.569. The number of alkyl halides is 2. The highest BCUT2D eigenvalue weighted by molar-refractivity contribution is 5.73. The van der Waals surface area contributed by atoms with Crippen LogP contribution in [0.1, 0.15) is 39.4 Å². The van der Waals surface area contributed by atoms with E-state index in [9.17, 15) is 18.7 Å². The molecule has 0 aliphatic rings. The van der Waals surface area contributed by atoms with Gasteiger partial charge in [0.05, 0.1) is 12.0 Å². The van der Waals surface area contributed by atoms with Crippen molar-refractivity contribution < 1.29 is 28.2 Å². The van der Waals surface area contributed by atoms with Crippen LogP contribution in [0.25, 0.3) is 0 Å². The quantitative estimate of drug-likeness (QED) is 0.848. The Morgan fingerprint density at radius 3 is 2.33 bits per heavy atom. The molecular formula is C15H20F2O4. The highest BCUT2D eigenvalue weighted by Crippen LogP contribution is 2.32. The molecule has 1 rings (SSSR count). The fourth-order valence-electron chi connectivity index (χ4n) is 1.72. The van der Waals surface area contributed by atoms with Crippen molar-refractivity contribution in [2.75, 3.05) is 0 Å². The van der Waals surface area contributed by atoms with Gasteiger partial charge in [-0.05, 0) is 33.8 Å². The van der Waals surface area contributed by atoms with Crippen LogP contribution in [-0.4, -0.2) is 23.3 Å². The summed E-state index contributed by atoms with van der Waals surface area (Å²) in [5.74, 6) is -1.68. The van der Waals surface area contributed by atoms with Gasteiger partial charge in [0.1, 0.15) is 11.4 Å². The molecule has 4 nitrogen and oxygen atoms in total. The van der Waals surface area contributed by atoms with Crippen LogP contribution in [0, 0.1) is 5.92 Å². The van der Waals surface area contributed by atoms with Crippen molar-refractivity contribution in [2.24, 2.45) is 5.92 Å². The topological polar surface area (TPSA) is 55.8 Å². The molecule has 0 aliphatic carbocycles. The summed E-state index contributed by atoms with van der Waals surface area (Å²) in [6.07, 6.45) is -1.30. The second-order valence-corrected chi connectivity index (χ2v) is 5.68. The fraction of sp³-hybridized carbons (Fsp3) is 0.533. The van der Waals surface area contributed by atoms with Crippen LogP contribution in [0.4, 0.5) is 8.78 Å². The van der Waals surface area contributed by atoms with Crippen molar-refractivity contribution in [3.63, 3.8) is 0 Å². The zero-order chi connectivity index (χ0) is 16.2. The number of benzene rings is 1. The van der Waals surface area contributed by atoms with Gasteiger partial charge in [0, 0.05) is 5.56 Å². The summed E-state index contributed by atoms with van der Waals surface area (Å²) in [7, 11) is 0. The molecule has 2 unspecified atom stereocenters. The highest BCUT2D eigenvalue weighted by atomic mass is 19.3. The summed E-state index contributed by atoms with van der Waals surface area (Å²) in [4.78, 5) is 11.9. The zero-order valence-electron chi connectivity index (χ0n) is 12.5. The Kier molecular flexibility index (Phi) is 5.66. The lowest BCUT2D eigenvalue weighted by Gasteiger charge is -2.25. The maximum absolute atomic E-state index is 12.4. The van der Waals surface area contributed by atoms with E-state index >= 15 is 0 Å². The second-order valence-electron chi connectivity index (χ2n) is 5.68. The summed E-state index contributed by atoms with van der Waals surface area (Å²) in [6, 6.07) is 5.82. The number of hydrogen-bond donors (Lipinski definition) is 1. The Morgan fingerprint density at radius 1 is 1.24 bits per heavy atom. The largest absolute Gasteiger partial charge is 0.460 e. The number of rotatable bonds is 5. The van der Waals surface area contributed by atoms with Crippen LogP contribution in [0.3, 0.4) is 0 Å². The lowest BCUT2D eigenvalue weighted by molar-refractivity contribution is -0.163. The third-order valence-electron chi connectivity index (χ3n) is 2.71. The molecule has 0 heterocycles. The number of aliphatic hydroxyl groups is 1. The Hall–Kier alpha value is -1.69. The number of aliphatic hydroxyl groups excluding tert-OH is 1. The van der Waals surface area contributed by atoms with Crippen molar-refractivity contribution in [2.45, 2.75) is 46.0 Å². The van der Waals surface area contributed by atoms with Gasteiger partial charge in [0.25, 0.3) is 0 Å². The molecule has 0 aromatic heterocycles. The average Bonchev–Trinajstić information content (AvgIpc) is 2.35. The minimum Gasteiger partial charge on any atom is -0.460 e. The smallest absolute Gasteiger partial charge is 0.387 e. The minimum atomic E-state index is -3.00.